The van der Waals surface area contributed by atoms with Crippen LogP contribution >= 0.6 is 0 Å². The molecule has 6 nitrogen and oxygen atoms in total. The van der Waals surface area contributed by atoms with Crippen molar-refractivity contribution in [3.63, 3.8) is 0 Å². The molecule has 0 fully saturated rings. The fourth-order valence-electron chi connectivity index (χ4n) is 1.17. The molecule has 0 saturated heterocycles. The maximum Gasteiger partial charge on any atom is 0.325 e. The van der Waals surface area contributed by atoms with E-state index in [1.807, 2.05) is 0 Å². The minimum absolute atomic E-state index is 0.103. The third-order valence-corrected chi connectivity index (χ3v) is 1.96. The number of hydrogen-bond acceptors (Lipinski definition) is 5. The van der Waals surface area contributed by atoms with Gasteiger partial charge in [0.2, 0.25) is 0 Å². The zero-order valence-corrected chi connectivity index (χ0v) is 9.27. The van der Waals surface area contributed by atoms with Gasteiger partial charge in [-0.3, -0.25) is 9.59 Å². The predicted octanol–water partition coefficient (Wildman–Crippen LogP) is 0.391. The monoisotopic (exact) mass is 239 g/mol. The van der Waals surface area contributed by atoms with Gasteiger partial charge in [-0.15, -0.1) is 0 Å². The number of carbonyl (C=O) groups is 2. The number of aromatic hydroxyl groups is 2. The molecule has 0 radical (unpaired) electrons. The van der Waals surface area contributed by atoms with Crippen LogP contribution in [0.2, 0.25) is 0 Å². The fraction of sp³-hybridized carbons (Fsp3) is 0.273. The lowest BCUT2D eigenvalue weighted by atomic mass is 10.1. The van der Waals surface area contributed by atoms with Gasteiger partial charge in [0.05, 0.1) is 12.2 Å². The van der Waals surface area contributed by atoms with E-state index < -0.39 is 23.4 Å². The zero-order valence-electron chi connectivity index (χ0n) is 9.27. The van der Waals surface area contributed by atoms with Gasteiger partial charge in [0.25, 0.3) is 5.91 Å². The van der Waals surface area contributed by atoms with Gasteiger partial charge in [-0.2, -0.15) is 0 Å². The number of nitrogens with one attached hydrogen (secondary N) is 1. The summed E-state index contributed by atoms with van der Waals surface area (Å²) in [7, 11) is 0. The first kappa shape index (κ1) is 12.8. The van der Waals surface area contributed by atoms with E-state index in [9.17, 15) is 19.8 Å². The Balaban J connectivity index is 2.64. The van der Waals surface area contributed by atoms with E-state index >= 15 is 0 Å². The van der Waals surface area contributed by atoms with Crippen LogP contribution < -0.4 is 5.32 Å². The summed E-state index contributed by atoms with van der Waals surface area (Å²) >= 11 is 0. The van der Waals surface area contributed by atoms with E-state index in [0.717, 1.165) is 0 Å². The molecule has 0 atom stereocenters. The summed E-state index contributed by atoms with van der Waals surface area (Å²) in [5.41, 5.74) is -0.103. The first-order valence-corrected chi connectivity index (χ1v) is 5.01. The molecule has 0 aliphatic heterocycles. The minimum Gasteiger partial charge on any atom is -0.504 e. The van der Waals surface area contributed by atoms with Crippen molar-refractivity contribution in [2.45, 2.75) is 6.92 Å². The normalized spacial score (nSPS) is 9.71. The summed E-state index contributed by atoms with van der Waals surface area (Å²) in [5.74, 6) is -2.14. The average Bonchev–Trinajstić information content (AvgIpc) is 2.30. The molecule has 1 amide bonds. The number of phenolic OH excluding ortho intramolecular Hbond substituents is 2. The van der Waals surface area contributed by atoms with Crippen LogP contribution in [-0.4, -0.2) is 35.2 Å². The number of amides is 1. The highest BCUT2D eigenvalue weighted by Crippen LogP contribution is 2.27. The zero-order chi connectivity index (χ0) is 12.8. The first-order chi connectivity index (χ1) is 8.06. The van der Waals surface area contributed by atoms with Crippen molar-refractivity contribution in [3.05, 3.63) is 23.8 Å². The van der Waals surface area contributed by atoms with Crippen molar-refractivity contribution < 1.29 is 24.5 Å². The predicted molar refractivity (Wildman–Crippen MR) is 58.7 cm³/mol. The van der Waals surface area contributed by atoms with E-state index in [2.05, 4.69) is 10.1 Å². The number of phenols is 2. The average molecular weight is 239 g/mol. The lowest BCUT2D eigenvalue weighted by Gasteiger charge is -2.07. The molecule has 0 aliphatic carbocycles. The van der Waals surface area contributed by atoms with Crippen molar-refractivity contribution in [2.24, 2.45) is 0 Å². The van der Waals surface area contributed by atoms with E-state index in [1.165, 1.54) is 18.2 Å². The largest absolute Gasteiger partial charge is 0.504 e. The fourth-order valence-corrected chi connectivity index (χ4v) is 1.17. The van der Waals surface area contributed by atoms with Crippen LogP contribution in [-0.2, 0) is 9.53 Å². The van der Waals surface area contributed by atoms with Crippen LogP contribution in [0.25, 0.3) is 0 Å². The molecule has 92 valence electrons. The summed E-state index contributed by atoms with van der Waals surface area (Å²) in [4.78, 5) is 22.5. The molecule has 6 heteroatoms. The second-order valence-corrected chi connectivity index (χ2v) is 3.16. The molecule has 0 heterocycles. The van der Waals surface area contributed by atoms with E-state index in [-0.39, 0.29) is 18.7 Å². The van der Waals surface area contributed by atoms with Gasteiger partial charge in [-0.05, 0) is 19.1 Å². The van der Waals surface area contributed by atoms with Crippen LogP contribution in [0.15, 0.2) is 18.2 Å². The minimum atomic E-state index is -0.661. The summed E-state index contributed by atoms with van der Waals surface area (Å²) in [6.45, 7) is 1.59. The molecule has 0 aliphatic rings. The SMILES string of the molecule is CCOC(=O)CNC(=O)c1cccc(O)c1O. The second-order valence-electron chi connectivity index (χ2n) is 3.16. The maximum absolute atomic E-state index is 11.5. The van der Waals surface area contributed by atoms with Gasteiger partial charge in [-0.1, -0.05) is 6.07 Å². The third-order valence-electron chi connectivity index (χ3n) is 1.96. The van der Waals surface area contributed by atoms with Crippen molar-refractivity contribution in [3.8, 4) is 11.5 Å². The van der Waals surface area contributed by atoms with Crippen molar-refractivity contribution in [2.75, 3.05) is 13.2 Å². The molecular formula is C11H13NO5. The standard InChI is InChI=1S/C11H13NO5/c1-2-17-9(14)6-12-11(16)7-4-3-5-8(13)10(7)15/h3-5,13,15H,2,6H2,1H3,(H,12,16). The summed E-state index contributed by atoms with van der Waals surface area (Å²) in [6, 6.07) is 3.99. The Kier molecular flexibility index (Phi) is 4.33. The lowest BCUT2D eigenvalue weighted by Crippen LogP contribution is -2.30. The highest BCUT2D eigenvalue weighted by Gasteiger charge is 2.14. The van der Waals surface area contributed by atoms with Crippen LogP contribution in [0.3, 0.4) is 0 Å². The quantitative estimate of drug-likeness (QED) is 0.521. The first-order valence-electron chi connectivity index (χ1n) is 5.01. The number of para-hydroxylation sites is 1. The van der Waals surface area contributed by atoms with Crippen LogP contribution in [0.4, 0.5) is 0 Å². The van der Waals surface area contributed by atoms with Crippen molar-refractivity contribution >= 4 is 11.9 Å². The lowest BCUT2D eigenvalue weighted by molar-refractivity contribution is -0.141. The molecular weight excluding hydrogens is 226 g/mol. The van der Waals surface area contributed by atoms with E-state index in [4.69, 9.17) is 0 Å². The van der Waals surface area contributed by atoms with Crippen LogP contribution in [0, 0.1) is 0 Å². The third kappa shape index (κ3) is 3.37. The summed E-state index contributed by atoms with van der Waals surface area (Å²) in [5, 5.41) is 20.9. The Morgan fingerprint density at radius 1 is 1.35 bits per heavy atom. The van der Waals surface area contributed by atoms with Gasteiger partial charge in [0, 0.05) is 0 Å². The van der Waals surface area contributed by atoms with Gasteiger partial charge < -0.3 is 20.3 Å². The number of rotatable bonds is 4. The smallest absolute Gasteiger partial charge is 0.325 e. The second kappa shape index (κ2) is 5.74. The summed E-state index contributed by atoms with van der Waals surface area (Å²) < 4.78 is 4.62. The molecule has 1 rings (SSSR count). The highest BCUT2D eigenvalue weighted by molar-refractivity contribution is 5.98. The molecule has 1 aromatic rings. The number of hydrogen-bond donors (Lipinski definition) is 3. The molecule has 1 aromatic carbocycles. The number of ether oxygens (including phenoxy) is 1. The van der Waals surface area contributed by atoms with Gasteiger partial charge >= 0.3 is 5.97 Å². The Bertz CT molecular complexity index is 430. The van der Waals surface area contributed by atoms with Crippen LogP contribution in [0.1, 0.15) is 17.3 Å². The molecule has 0 bridgehead atoms. The van der Waals surface area contributed by atoms with E-state index in [1.54, 1.807) is 6.92 Å². The Hall–Kier alpha value is -2.24. The Morgan fingerprint density at radius 2 is 2.06 bits per heavy atom. The van der Waals surface area contributed by atoms with Crippen molar-refractivity contribution in [1.82, 2.24) is 5.32 Å². The van der Waals surface area contributed by atoms with Crippen LogP contribution in [0.5, 0.6) is 11.5 Å². The Labute approximate surface area is 97.8 Å². The molecule has 0 spiro atoms. The Morgan fingerprint density at radius 3 is 2.71 bits per heavy atom. The van der Waals surface area contributed by atoms with E-state index in [0.29, 0.717) is 0 Å². The summed E-state index contributed by atoms with van der Waals surface area (Å²) in [6.07, 6.45) is 0. The molecule has 0 unspecified atom stereocenters. The number of benzene rings is 1. The molecule has 0 aromatic heterocycles. The molecule has 17 heavy (non-hydrogen) atoms. The van der Waals surface area contributed by atoms with Crippen molar-refractivity contribution in [1.29, 1.82) is 0 Å². The molecule has 0 saturated carbocycles. The number of carbonyl (C=O) groups excluding carboxylic acids is 2. The van der Waals surface area contributed by atoms with Gasteiger partial charge in [0.15, 0.2) is 11.5 Å². The van der Waals surface area contributed by atoms with Gasteiger partial charge in [-0.25, -0.2) is 0 Å². The van der Waals surface area contributed by atoms with Gasteiger partial charge in [0.1, 0.15) is 6.54 Å². The molecule has 3 N–H and O–H groups in total. The maximum atomic E-state index is 11.5. The highest BCUT2D eigenvalue weighted by atomic mass is 16.5. The number of esters is 1. The topological polar surface area (TPSA) is 95.9 Å².